The lowest BCUT2D eigenvalue weighted by Gasteiger charge is -2.44. The Morgan fingerprint density at radius 2 is 0.744 bits per heavy atom. The average molecular weight is 1040 g/mol. The molecule has 0 unspecified atom stereocenters. The van der Waals surface area contributed by atoms with Crippen molar-refractivity contribution in [1.82, 2.24) is 14.5 Å². The molecule has 2 aliphatic heterocycles. The standard InChI is InChI=1S/C76H50BN5/c1-5-21-51(22-6-1)57-43-45-70-63(48-57)61-31-13-16-34-68(61)82(70)69-46-44-58(67-50-66(54-23-7-2-8-24-54)78-76(79-67)55-25-9-3-10-26-55)49-62(69)53-41-39-52(40-42-53)56-27-19-30-60(47-56)81-72-36-18-15-33-65(72)77-64-32-14-17-35-71(64)80(59-28-11-4-12-29-59)73-37-20-38-74(81)75(73)77/h1-50H. The van der Waals surface area contributed by atoms with E-state index in [0.29, 0.717) is 5.82 Å². The monoisotopic (exact) mass is 1040 g/mol. The molecule has 0 N–H and O–H groups in total. The van der Waals surface area contributed by atoms with Gasteiger partial charge in [-0.2, -0.15) is 0 Å². The Morgan fingerprint density at radius 1 is 0.268 bits per heavy atom. The third-order valence-corrected chi connectivity index (χ3v) is 16.6. The summed E-state index contributed by atoms with van der Waals surface area (Å²) >= 11 is 0. The van der Waals surface area contributed by atoms with Gasteiger partial charge in [-0.05, 0) is 129 Å². The maximum atomic E-state index is 5.31. The lowest BCUT2D eigenvalue weighted by molar-refractivity contribution is 1.17. The van der Waals surface area contributed by atoms with E-state index in [2.05, 4.69) is 293 Å². The summed E-state index contributed by atoms with van der Waals surface area (Å²) in [6.45, 7) is 0.0781. The Hall–Kier alpha value is -10.8. The summed E-state index contributed by atoms with van der Waals surface area (Å²) in [6, 6.07) is 110. The second kappa shape index (κ2) is 19.5. The van der Waals surface area contributed by atoms with Crippen LogP contribution in [-0.4, -0.2) is 21.2 Å². The fourth-order valence-electron chi connectivity index (χ4n) is 12.9. The molecule has 0 saturated carbocycles. The van der Waals surface area contributed by atoms with Gasteiger partial charge >= 0.3 is 0 Å². The predicted octanol–water partition coefficient (Wildman–Crippen LogP) is 17.7. The molecule has 0 saturated heterocycles. The number of para-hydroxylation sites is 4. The van der Waals surface area contributed by atoms with Gasteiger partial charge in [-0.1, -0.05) is 218 Å². The number of benzene rings is 12. The molecular formula is C76H50BN5. The molecule has 14 aromatic rings. The van der Waals surface area contributed by atoms with Gasteiger partial charge in [-0.3, -0.25) is 0 Å². The molecule has 6 heteroatoms. The van der Waals surface area contributed by atoms with E-state index in [-0.39, 0.29) is 6.71 Å². The fraction of sp³-hybridized carbons (Fsp3) is 0. The van der Waals surface area contributed by atoms with E-state index in [4.69, 9.17) is 9.97 Å². The minimum atomic E-state index is 0.0781. The molecule has 0 atom stereocenters. The first-order valence-corrected chi connectivity index (χ1v) is 28.1. The lowest BCUT2D eigenvalue weighted by Crippen LogP contribution is -2.61. The van der Waals surface area contributed by atoms with Crippen molar-refractivity contribution in [3.63, 3.8) is 0 Å². The quantitative estimate of drug-likeness (QED) is 0.135. The summed E-state index contributed by atoms with van der Waals surface area (Å²) in [5.41, 5.74) is 25.9. The first-order chi connectivity index (χ1) is 40.7. The van der Waals surface area contributed by atoms with Gasteiger partial charge in [0, 0.05) is 67.2 Å². The third-order valence-electron chi connectivity index (χ3n) is 16.6. The molecule has 2 aromatic heterocycles. The van der Waals surface area contributed by atoms with Crippen molar-refractivity contribution in [2.45, 2.75) is 0 Å². The number of nitrogens with zero attached hydrogens (tertiary/aromatic N) is 5. The number of aromatic nitrogens is 3. The van der Waals surface area contributed by atoms with E-state index in [1.807, 2.05) is 24.3 Å². The number of rotatable bonds is 9. The second-order valence-electron chi connectivity index (χ2n) is 21.3. The highest BCUT2D eigenvalue weighted by Crippen LogP contribution is 2.45. The van der Waals surface area contributed by atoms with Crippen LogP contribution in [-0.2, 0) is 0 Å². The number of hydrogen-bond acceptors (Lipinski definition) is 4. The molecule has 0 amide bonds. The Labute approximate surface area is 477 Å². The van der Waals surface area contributed by atoms with Gasteiger partial charge in [0.15, 0.2) is 5.82 Å². The van der Waals surface area contributed by atoms with Gasteiger partial charge in [0.1, 0.15) is 0 Å². The van der Waals surface area contributed by atoms with E-state index >= 15 is 0 Å². The summed E-state index contributed by atoms with van der Waals surface area (Å²) in [5, 5.41) is 2.41. The first-order valence-electron chi connectivity index (χ1n) is 28.1. The van der Waals surface area contributed by atoms with Crippen molar-refractivity contribution >= 4 is 79.0 Å². The number of fused-ring (bicyclic) bond motifs is 7. The number of anilines is 6. The van der Waals surface area contributed by atoms with E-state index < -0.39 is 0 Å². The molecule has 382 valence electrons. The minimum absolute atomic E-state index is 0.0781. The zero-order valence-corrected chi connectivity index (χ0v) is 44.7. The molecule has 16 rings (SSSR count). The van der Waals surface area contributed by atoms with Crippen molar-refractivity contribution in [2.75, 3.05) is 9.80 Å². The van der Waals surface area contributed by atoms with Crippen LogP contribution in [0.1, 0.15) is 0 Å². The zero-order chi connectivity index (χ0) is 54.1. The normalized spacial score (nSPS) is 12.3. The Balaban J connectivity index is 0.840. The maximum absolute atomic E-state index is 5.31. The van der Waals surface area contributed by atoms with Crippen LogP contribution >= 0.6 is 0 Å². The van der Waals surface area contributed by atoms with Gasteiger partial charge in [0.05, 0.1) is 28.1 Å². The molecule has 0 aliphatic carbocycles. The molecule has 0 radical (unpaired) electrons. The summed E-state index contributed by atoms with van der Waals surface area (Å²) in [7, 11) is 0. The van der Waals surface area contributed by atoms with Crippen LogP contribution < -0.4 is 26.2 Å². The van der Waals surface area contributed by atoms with Gasteiger partial charge in [0.2, 0.25) is 0 Å². The maximum Gasteiger partial charge on any atom is 0.252 e. The molecular weight excluding hydrogens is 994 g/mol. The molecule has 0 spiro atoms. The van der Waals surface area contributed by atoms with Gasteiger partial charge < -0.3 is 14.4 Å². The highest BCUT2D eigenvalue weighted by atomic mass is 15.2. The molecule has 82 heavy (non-hydrogen) atoms. The molecule has 4 heterocycles. The van der Waals surface area contributed by atoms with Crippen LogP contribution in [0, 0.1) is 0 Å². The van der Waals surface area contributed by atoms with Crippen LogP contribution in [0.15, 0.2) is 303 Å². The molecule has 0 fully saturated rings. The van der Waals surface area contributed by atoms with E-state index in [1.165, 1.54) is 61.0 Å². The van der Waals surface area contributed by atoms with Crippen LogP contribution in [0.25, 0.3) is 94.8 Å². The third kappa shape index (κ3) is 7.87. The SMILES string of the molecule is c1ccc(-c2ccc3c(c2)c2ccccc2n3-c2ccc(-c3cc(-c4ccccc4)nc(-c4ccccc4)n3)cc2-c2ccc(-c3cccc(N4c5ccccc5B5c6ccccc6N(c6ccccc6)c6cccc4c65)c3)cc2)cc1. The lowest BCUT2D eigenvalue weighted by atomic mass is 9.33. The van der Waals surface area contributed by atoms with Gasteiger partial charge in [0.25, 0.3) is 6.71 Å². The van der Waals surface area contributed by atoms with Gasteiger partial charge in [-0.25, -0.2) is 9.97 Å². The Bertz CT molecular complexity index is 4690. The molecule has 12 aromatic carbocycles. The second-order valence-corrected chi connectivity index (χ2v) is 21.3. The van der Waals surface area contributed by atoms with Gasteiger partial charge in [-0.15, -0.1) is 0 Å². The van der Waals surface area contributed by atoms with E-state index in [9.17, 15) is 0 Å². The highest BCUT2D eigenvalue weighted by Gasteiger charge is 2.42. The van der Waals surface area contributed by atoms with Crippen molar-refractivity contribution in [2.24, 2.45) is 0 Å². The topological polar surface area (TPSA) is 37.2 Å². The van der Waals surface area contributed by atoms with Crippen LogP contribution in [0.2, 0.25) is 0 Å². The summed E-state index contributed by atoms with van der Waals surface area (Å²) in [5.74, 6) is 0.685. The van der Waals surface area contributed by atoms with Crippen molar-refractivity contribution in [3.05, 3.63) is 303 Å². The largest absolute Gasteiger partial charge is 0.311 e. The Morgan fingerprint density at radius 3 is 1.45 bits per heavy atom. The smallest absolute Gasteiger partial charge is 0.252 e. The predicted molar refractivity (Wildman–Crippen MR) is 343 cm³/mol. The average Bonchev–Trinajstić information content (AvgIpc) is 3.27. The zero-order valence-electron chi connectivity index (χ0n) is 44.7. The summed E-state index contributed by atoms with van der Waals surface area (Å²) < 4.78 is 2.45. The summed E-state index contributed by atoms with van der Waals surface area (Å²) in [4.78, 5) is 15.4. The Kier molecular flexibility index (Phi) is 11.2. The van der Waals surface area contributed by atoms with Crippen LogP contribution in [0.5, 0.6) is 0 Å². The van der Waals surface area contributed by atoms with Crippen molar-refractivity contribution in [3.8, 4) is 73.0 Å². The minimum Gasteiger partial charge on any atom is -0.311 e. The molecule has 5 nitrogen and oxygen atoms in total. The van der Waals surface area contributed by atoms with Crippen LogP contribution in [0.4, 0.5) is 34.1 Å². The van der Waals surface area contributed by atoms with Crippen molar-refractivity contribution in [1.29, 1.82) is 0 Å². The molecule has 0 bridgehead atoms. The summed E-state index contributed by atoms with van der Waals surface area (Å²) in [6.07, 6.45) is 0. The number of hydrogen-bond donors (Lipinski definition) is 0. The highest BCUT2D eigenvalue weighted by molar-refractivity contribution is 7.00. The van der Waals surface area contributed by atoms with E-state index in [0.717, 1.165) is 78.4 Å². The molecule has 2 aliphatic rings. The fourth-order valence-corrected chi connectivity index (χ4v) is 12.9. The van der Waals surface area contributed by atoms with Crippen molar-refractivity contribution < 1.29 is 0 Å². The van der Waals surface area contributed by atoms with Crippen LogP contribution in [0.3, 0.4) is 0 Å². The first kappa shape index (κ1) is 47.2. The van der Waals surface area contributed by atoms with E-state index in [1.54, 1.807) is 0 Å².